The monoisotopic (exact) mass is 421 g/mol. The van der Waals surface area contributed by atoms with Gasteiger partial charge in [-0.2, -0.15) is 0 Å². The Labute approximate surface area is 182 Å². The molecule has 1 aromatic heterocycles. The number of carbonyl (C=O) groups is 1. The second kappa shape index (κ2) is 10.3. The first-order chi connectivity index (χ1) is 14.9. The first-order valence-corrected chi connectivity index (χ1v) is 10.6. The molecule has 0 unspecified atom stereocenters. The largest absolute Gasteiger partial charge is 0.396 e. The summed E-state index contributed by atoms with van der Waals surface area (Å²) in [4.78, 5) is 18.6. The van der Waals surface area contributed by atoms with Crippen molar-refractivity contribution in [1.82, 2.24) is 14.5 Å². The highest BCUT2D eigenvalue weighted by Gasteiger charge is 2.15. The van der Waals surface area contributed by atoms with E-state index in [1.807, 2.05) is 48.7 Å². The molecule has 1 amide bonds. The summed E-state index contributed by atoms with van der Waals surface area (Å²) in [5.41, 5.74) is 10.4. The molecule has 0 saturated heterocycles. The van der Waals surface area contributed by atoms with Gasteiger partial charge in [0.15, 0.2) is 11.2 Å². The first kappa shape index (κ1) is 22.7. The van der Waals surface area contributed by atoms with Crippen LogP contribution in [-0.4, -0.2) is 45.2 Å². The molecule has 0 saturated carbocycles. The van der Waals surface area contributed by atoms with Gasteiger partial charge in [0.25, 0.3) is 5.91 Å². The minimum atomic E-state index is -0.692. The molecule has 164 valence electrons. The van der Waals surface area contributed by atoms with Crippen molar-refractivity contribution in [3.05, 3.63) is 70.3 Å². The number of aryl methyl sites for hydroxylation is 2. The molecule has 0 aliphatic carbocycles. The van der Waals surface area contributed by atoms with Crippen molar-refractivity contribution in [1.29, 1.82) is 5.41 Å². The Morgan fingerprint density at radius 3 is 2.52 bits per heavy atom. The Morgan fingerprint density at radius 1 is 1.13 bits per heavy atom. The van der Waals surface area contributed by atoms with Crippen molar-refractivity contribution in [3.63, 3.8) is 0 Å². The normalized spacial score (nSPS) is 11.4. The molecule has 0 bridgehead atoms. The Hall–Kier alpha value is -3.03. The summed E-state index contributed by atoms with van der Waals surface area (Å²) in [6.07, 6.45) is 1.65. The molecule has 1 heterocycles. The van der Waals surface area contributed by atoms with E-state index in [1.54, 1.807) is 0 Å². The zero-order valence-electron chi connectivity index (χ0n) is 18.3. The maximum absolute atomic E-state index is 11.9. The number of fused-ring (bicyclic) bond motifs is 1. The highest BCUT2D eigenvalue weighted by atomic mass is 16.2. The molecule has 7 heteroatoms. The van der Waals surface area contributed by atoms with Gasteiger partial charge in [0.2, 0.25) is 0 Å². The van der Waals surface area contributed by atoms with E-state index in [-0.39, 0.29) is 17.8 Å². The molecule has 0 aliphatic heterocycles. The number of nitrogens with one attached hydrogen (secondary N) is 1. The van der Waals surface area contributed by atoms with Gasteiger partial charge in [-0.1, -0.05) is 30.3 Å². The van der Waals surface area contributed by atoms with Gasteiger partial charge in [-0.15, -0.1) is 0 Å². The first-order valence-electron chi connectivity index (χ1n) is 10.6. The van der Waals surface area contributed by atoms with Crippen LogP contribution >= 0.6 is 0 Å². The molecule has 2 aromatic carbocycles. The quantitative estimate of drug-likeness (QED) is 0.437. The van der Waals surface area contributed by atoms with Crippen LogP contribution in [0.2, 0.25) is 0 Å². The summed E-state index contributed by atoms with van der Waals surface area (Å²) >= 11 is 0. The zero-order valence-corrected chi connectivity index (χ0v) is 18.3. The topological polar surface area (TPSA) is 108 Å². The third kappa shape index (κ3) is 5.57. The minimum Gasteiger partial charge on any atom is -0.396 e. The van der Waals surface area contributed by atoms with Gasteiger partial charge in [-0.3, -0.25) is 15.1 Å². The number of nitrogens with zero attached hydrogens (tertiary/aromatic N) is 3. The molecule has 3 rings (SSSR count). The lowest BCUT2D eigenvalue weighted by molar-refractivity contribution is 0.0993. The Kier molecular flexibility index (Phi) is 7.55. The van der Waals surface area contributed by atoms with Crippen LogP contribution in [0.15, 0.2) is 42.5 Å². The van der Waals surface area contributed by atoms with Gasteiger partial charge in [0.1, 0.15) is 0 Å². The number of carbonyl (C=O) groups excluding carboxylic acids is 1. The van der Waals surface area contributed by atoms with E-state index in [2.05, 4.69) is 22.0 Å². The van der Waals surface area contributed by atoms with Gasteiger partial charge < -0.3 is 15.4 Å². The van der Waals surface area contributed by atoms with Crippen LogP contribution < -0.4 is 11.2 Å². The molecule has 0 fully saturated rings. The number of hydrogen-bond acceptors (Lipinski definition) is 5. The third-order valence-corrected chi connectivity index (χ3v) is 5.61. The number of primary amides is 1. The Balaban J connectivity index is 1.93. The molecular formula is C24H31N5O2. The Bertz CT molecular complexity index is 1110. The Morgan fingerprint density at radius 2 is 1.84 bits per heavy atom. The van der Waals surface area contributed by atoms with Gasteiger partial charge >= 0.3 is 0 Å². The van der Waals surface area contributed by atoms with Crippen LogP contribution in [0.3, 0.4) is 0 Å². The summed E-state index contributed by atoms with van der Waals surface area (Å²) in [7, 11) is 0. The van der Waals surface area contributed by atoms with Crippen LogP contribution in [0.5, 0.6) is 0 Å². The van der Waals surface area contributed by atoms with Crippen molar-refractivity contribution < 1.29 is 9.90 Å². The zero-order chi connectivity index (χ0) is 22.4. The van der Waals surface area contributed by atoms with E-state index in [0.29, 0.717) is 18.6 Å². The molecule has 7 nitrogen and oxygen atoms in total. The predicted molar refractivity (Wildman–Crippen MR) is 122 cm³/mol. The maximum Gasteiger partial charge on any atom is 0.271 e. The van der Waals surface area contributed by atoms with Crippen LogP contribution in [0.1, 0.15) is 40.0 Å². The molecule has 0 aliphatic rings. The summed E-state index contributed by atoms with van der Waals surface area (Å²) in [5.74, 6) is -0.692. The molecule has 4 N–H and O–H groups in total. The van der Waals surface area contributed by atoms with Crippen LogP contribution in [0.25, 0.3) is 11.0 Å². The van der Waals surface area contributed by atoms with Crippen LogP contribution in [0.4, 0.5) is 0 Å². The lowest BCUT2D eigenvalue weighted by Gasteiger charge is -2.24. The average Bonchev–Trinajstić information content (AvgIpc) is 2.74. The van der Waals surface area contributed by atoms with Crippen molar-refractivity contribution in [2.75, 3.05) is 19.7 Å². The lowest BCUT2D eigenvalue weighted by atomic mass is 10.1. The van der Waals surface area contributed by atoms with Gasteiger partial charge in [0.05, 0.1) is 11.0 Å². The van der Waals surface area contributed by atoms with E-state index in [1.165, 1.54) is 5.56 Å². The number of nitrogens with two attached hydrogens (primary N) is 1. The number of rotatable bonds is 10. The number of hydrogen-bond donors (Lipinski definition) is 3. The fraction of sp³-hybridized carbons (Fsp3) is 0.375. The molecule has 31 heavy (non-hydrogen) atoms. The van der Waals surface area contributed by atoms with Gasteiger partial charge in [-0.05, 0) is 62.1 Å². The summed E-state index contributed by atoms with van der Waals surface area (Å²) in [6, 6.07) is 14.2. The van der Waals surface area contributed by atoms with Crippen molar-refractivity contribution in [2.45, 2.75) is 39.8 Å². The number of aliphatic hydroxyl groups excluding tert-OH is 1. The van der Waals surface area contributed by atoms with Gasteiger partial charge in [0, 0.05) is 26.2 Å². The number of aromatic nitrogens is 2. The number of aliphatic hydroxyl groups is 1. The fourth-order valence-corrected chi connectivity index (χ4v) is 3.72. The number of unbranched alkanes of at least 4 members (excludes halogenated alkanes) is 1. The summed E-state index contributed by atoms with van der Waals surface area (Å²) < 4.78 is 1.83. The van der Waals surface area contributed by atoms with E-state index in [0.717, 1.165) is 42.6 Å². The van der Waals surface area contributed by atoms with Crippen LogP contribution in [0, 0.1) is 19.3 Å². The SMILES string of the molecule is Cc1cc2nc(C(N)=O)c(=N)n(CCN(CCCCO)Cc3ccccc3)c2cc1C. The average molecular weight is 422 g/mol. The minimum absolute atomic E-state index is 0.00866. The highest BCUT2D eigenvalue weighted by molar-refractivity contribution is 5.92. The van der Waals surface area contributed by atoms with Crippen molar-refractivity contribution in [3.8, 4) is 0 Å². The number of amides is 1. The second-order valence-electron chi connectivity index (χ2n) is 7.94. The van der Waals surface area contributed by atoms with E-state index in [9.17, 15) is 4.79 Å². The highest BCUT2D eigenvalue weighted by Crippen LogP contribution is 2.17. The number of benzene rings is 2. The van der Waals surface area contributed by atoms with E-state index >= 15 is 0 Å². The standard InChI is InChI=1S/C24H31N5O2/c1-17-14-20-21(15-18(17)2)29(23(25)22(27-20)24(26)31)12-11-28(10-6-7-13-30)16-19-8-4-3-5-9-19/h3-5,8-9,14-15,25,30H,6-7,10-13,16H2,1-2H3,(H2,26,31). The molecule has 3 aromatic rings. The second-order valence-corrected chi connectivity index (χ2v) is 7.94. The fourth-order valence-electron chi connectivity index (χ4n) is 3.72. The van der Waals surface area contributed by atoms with Gasteiger partial charge in [-0.25, -0.2) is 4.98 Å². The summed E-state index contributed by atoms with van der Waals surface area (Å²) in [6.45, 7) is 7.06. The predicted octanol–water partition coefficient (Wildman–Crippen LogP) is 2.51. The molecular weight excluding hydrogens is 390 g/mol. The van der Waals surface area contributed by atoms with Crippen molar-refractivity contribution >= 4 is 16.9 Å². The maximum atomic E-state index is 11.9. The van der Waals surface area contributed by atoms with E-state index in [4.69, 9.17) is 16.2 Å². The van der Waals surface area contributed by atoms with E-state index < -0.39 is 5.91 Å². The molecule has 0 atom stereocenters. The smallest absolute Gasteiger partial charge is 0.271 e. The lowest BCUT2D eigenvalue weighted by Crippen LogP contribution is -2.36. The van der Waals surface area contributed by atoms with Crippen molar-refractivity contribution in [2.24, 2.45) is 5.73 Å². The molecule has 0 spiro atoms. The third-order valence-electron chi connectivity index (χ3n) is 5.61. The van der Waals surface area contributed by atoms with Crippen LogP contribution in [-0.2, 0) is 13.1 Å². The summed E-state index contributed by atoms with van der Waals surface area (Å²) in [5, 5.41) is 17.7. The molecule has 0 radical (unpaired) electrons.